The molecular formula is C17H20N4. The first-order valence-electron chi connectivity index (χ1n) is 7.77. The maximum absolute atomic E-state index is 6.26. The number of pyridine rings is 1. The average molecular weight is 280 g/mol. The van der Waals surface area contributed by atoms with Crippen LogP contribution in [-0.4, -0.2) is 14.5 Å². The molecule has 2 aromatic heterocycles. The minimum Gasteiger partial charge on any atom is -0.369 e. The predicted molar refractivity (Wildman–Crippen MR) is 86.1 cm³/mol. The Bertz CT molecular complexity index is 805. The van der Waals surface area contributed by atoms with E-state index in [1.54, 1.807) is 0 Å². The lowest BCUT2D eigenvalue weighted by Crippen LogP contribution is -2.22. The first-order valence-corrected chi connectivity index (χ1v) is 7.77. The van der Waals surface area contributed by atoms with Crippen LogP contribution in [0, 0.1) is 5.92 Å². The molecular weight excluding hydrogens is 260 g/mol. The summed E-state index contributed by atoms with van der Waals surface area (Å²) in [5.74, 6) is 1.27. The third kappa shape index (κ3) is 1.89. The molecule has 0 bridgehead atoms. The molecule has 0 radical (unpaired) electrons. The fourth-order valence-electron chi connectivity index (χ4n) is 3.76. The Kier molecular flexibility index (Phi) is 2.84. The topological polar surface area (TPSA) is 56.7 Å². The van der Waals surface area contributed by atoms with Crippen molar-refractivity contribution in [3.8, 4) is 0 Å². The lowest BCUT2D eigenvalue weighted by molar-refractivity contribution is 0.265. The summed E-state index contributed by atoms with van der Waals surface area (Å²) < 4.78 is 2.27. The van der Waals surface area contributed by atoms with Gasteiger partial charge in [0.1, 0.15) is 5.52 Å². The summed E-state index contributed by atoms with van der Waals surface area (Å²) in [5, 5.41) is 1.15. The summed E-state index contributed by atoms with van der Waals surface area (Å²) in [5.41, 5.74) is 9.33. The van der Waals surface area contributed by atoms with Gasteiger partial charge in [-0.15, -0.1) is 0 Å². The number of anilines is 1. The number of para-hydroxylation sites is 1. The van der Waals surface area contributed by atoms with E-state index in [1.165, 1.54) is 25.7 Å². The van der Waals surface area contributed by atoms with Gasteiger partial charge >= 0.3 is 0 Å². The number of nitrogens with two attached hydrogens (primary N) is 1. The van der Waals surface area contributed by atoms with Gasteiger partial charge in [0.05, 0.1) is 17.2 Å². The summed E-state index contributed by atoms with van der Waals surface area (Å²) in [4.78, 5) is 9.05. The van der Waals surface area contributed by atoms with Crippen LogP contribution in [0.1, 0.15) is 38.6 Å². The van der Waals surface area contributed by atoms with Crippen molar-refractivity contribution in [1.29, 1.82) is 0 Å². The molecule has 1 saturated carbocycles. The van der Waals surface area contributed by atoms with E-state index in [1.807, 2.05) is 18.3 Å². The number of nitrogen functional groups attached to an aromatic ring is 1. The number of benzene rings is 1. The third-order valence-corrected chi connectivity index (χ3v) is 4.85. The van der Waals surface area contributed by atoms with Crippen LogP contribution in [0.4, 0.5) is 5.95 Å². The zero-order chi connectivity index (χ0) is 14.4. The summed E-state index contributed by atoms with van der Waals surface area (Å²) >= 11 is 0. The SMILES string of the molecule is CC1CCCCC1n1c(N)nc2cnc3ccccc3c21. The van der Waals surface area contributed by atoms with Crippen molar-refractivity contribution >= 4 is 27.9 Å². The van der Waals surface area contributed by atoms with Gasteiger partial charge < -0.3 is 10.3 Å². The Hall–Kier alpha value is -2.10. The quantitative estimate of drug-likeness (QED) is 0.735. The van der Waals surface area contributed by atoms with Crippen LogP contribution >= 0.6 is 0 Å². The minimum absolute atomic E-state index is 0.453. The fraction of sp³-hybridized carbons (Fsp3) is 0.412. The zero-order valence-electron chi connectivity index (χ0n) is 12.3. The molecule has 0 amide bonds. The molecule has 2 N–H and O–H groups in total. The van der Waals surface area contributed by atoms with E-state index in [0.29, 0.717) is 17.9 Å². The lowest BCUT2D eigenvalue weighted by Gasteiger charge is -2.31. The van der Waals surface area contributed by atoms with Crippen molar-refractivity contribution in [2.24, 2.45) is 5.92 Å². The van der Waals surface area contributed by atoms with E-state index in [0.717, 1.165) is 21.9 Å². The van der Waals surface area contributed by atoms with Gasteiger partial charge in [-0.25, -0.2) is 4.98 Å². The van der Waals surface area contributed by atoms with Gasteiger partial charge in [-0.2, -0.15) is 0 Å². The molecule has 0 saturated heterocycles. The Morgan fingerprint density at radius 2 is 1.95 bits per heavy atom. The van der Waals surface area contributed by atoms with Crippen LogP contribution in [-0.2, 0) is 0 Å². The van der Waals surface area contributed by atoms with Gasteiger partial charge in [-0.3, -0.25) is 4.98 Å². The molecule has 0 aliphatic heterocycles. The van der Waals surface area contributed by atoms with E-state index in [-0.39, 0.29) is 0 Å². The number of hydrogen-bond acceptors (Lipinski definition) is 3. The first kappa shape index (κ1) is 12.6. The molecule has 4 nitrogen and oxygen atoms in total. The molecule has 2 atom stereocenters. The lowest BCUT2D eigenvalue weighted by atomic mass is 9.85. The van der Waals surface area contributed by atoms with Crippen molar-refractivity contribution in [3.05, 3.63) is 30.5 Å². The Labute approximate surface area is 124 Å². The Morgan fingerprint density at radius 1 is 1.14 bits per heavy atom. The van der Waals surface area contributed by atoms with E-state index in [2.05, 4.69) is 33.6 Å². The van der Waals surface area contributed by atoms with Crippen LogP contribution in [0.2, 0.25) is 0 Å². The van der Waals surface area contributed by atoms with Crippen molar-refractivity contribution in [3.63, 3.8) is 0 Å². The normalized spacial score (nSPS) is 22.9. The molecule has 108 valence electrons. The highest BCUT2D eigenvalue weighted by Crippen LogP contribution is 2.38. The fourth-order valence-corrected chi connectivity index (χ4v) is 3.76. The van der Waals surface area contributed by atoms with Crippen LogP contribution in [0.5, 0.6) is 0 Å². The van der Waals surface area contributed by atoms with Crippen LogP contribution in [0.15, 0.2) is 30.5 Å². The number of hydrogen-bond donors (Lipinski definition) is 1. The Balaban J connectivity index is 2.03. The Morgan fingerprint density at radius 3 is 2.81 bits per heavy atom. The minimum atomic E-state index is 0.453. The van der Waals surface area contributed by atoms with Gasteiger partial charge in [-0.1, -0.05) is 38.0 Å². The average Bonchev–Trinajstić information content (AvgIpc) is 2.84. The van der Waals surface area contributed by atoms with Gasteiger partial charge in [0, 0.05) is 11.4 Å². The summed E-state index contributed by atoms with van der Waals surface area (Å²) in [7, 11) is 0. The smallest absolute Gasteiger partial charge is 0.201 e. The second-order valence-electron chi connectivity index (χ2n) is 6.18. The van der Waals surface area contributed by atoms with Gasteiger partial charge in [0.2, 0.25) is 5.95 Å². The monoisotopic (exact) mass is 280 g/mol. The number of fused-ring (bicyclic) bond motifs is 3. The van der Waals surface area contributed by atoms with E-state index < -0.39 is 0 Å². The largest absolute Gasteiger partial charge is 0.369 e. The molecule has 0 spiro atoms. The molecule has 1 fully saturated rings. The molecule has 3 aromatic rings. The molecule has 4 heteroatoms. The van der Waals surface area contributed by atoms with Crippen LogP contribution in [0.25, 0.3) is 21.9 Å². The number of imidazole rings is 1. The van der Waals surface area contributed by atoms with Crippen molar-refractivity contribution < 1.29 is 0 Å². The second-order valence-corrected chi connectivity index (χ2v) is 6.18. The zero-order valence-corrected chi connectivity index (χ0v) is 12.3. The van der Waals surface area contributed by atoms with E-state index >= 15 is 0 Å². The maximum atomic E-state index is 6.26. The van der Waals surface area contributed by atoms with Crippen LogP contribution in [0.3, 0.4) is 0 Å². The van der Waals surface area contributed by atoms with Gasteiger partial charge in [0.15, 0.2) is 0 Å². The number of rotatable bonds is 1. The van der Waals surface area contributed by atoms with Crippen molar-refractivity contribution in [1.82, 2.24) is 14.5 Å². The molecule has 2 heterocycles. The van der Waals surface area contributed by atoms with Crippen molar-refractivity contribution in [2.75, 3.05) is 5.73 Å². The van der Waals surface area contributed by atoms with Crippen LogP contribution < -0.4 is 5.73 Å². The van der Waals surface area contributed by atoms with E-state index in [9.17, 15) is 0 Å². The molecule has 1 aliphatic rings. The highest BCUT2D eigenvalue weighted by Gasteiger charge is 2.27. The van der Waals surface area contributed by atoms with Gasteiger partial charge in [-0.05, 0) is 24.8 Å². The van der Waals surface area contributed by atoms with Crippen molar-refractivity contribution in [2.45, 2.75) is 38.6 Å². The molecule has 21 heavy (non-hydrogen) atoms. The standard InChI is InChI=1S/C17H20N4/c1-11-6-2-5-9-15(11)21-16-12-7-3-4-8-13(12)19-10-14(16)20-17(21)18/h3-4,7-8,10-11,15H,2,5-6,9H2,1H3,(H2,18,20). The highest BCUT2D eigenvalue weighted by atomic mass is 15.2. The van der Waals surface area contributed by atoms with E-state index in [4.69, 9.17) is 5.73 Å². The summed E-state index contributed by atoms with van der Waals surface area (Å²) in [6.45, 7) is 2.33. The molecule has 1 aliphatic carbocycles. The number of nitrogens with zero attached hydrogens (tertiary/aromatic N) is 3. The first-order chi connectivity index (χ1) is 10.3. The number of aromatic nitrogens is 3. The van der Waals surface area contributed by atoms with Gasteiger partial charge in [0.25, 0.3) is 0 Å². The molecule has 1 aromatic carbocycles. The summed E-state index contributed by atoms with van der Waals surface area (Å²) in [6, 6.07) is 8.70. The molecule has 4 rings (SSSR count). The highest BCUT2D eigenvalue weighted by molar-refractivity contribution is 6.03. The maximum Gasteiger partial charge on any atom is 0.201 e. The second kappa shape index (κ2) is 4.72. The predicted octanol–water partition coefficient (Wildman–Crippen LogP) is 3.92. The molecule has 2 unspecified atom stereocenters. The third-order valence-electron chi connectivity index (χ3n) is 4.85. The summed E-state index contributed by atoms with van der Waals surface area (Å²) in [6.07, 6.45) is 6.90.